The zero-order valence-corrected chi connectivity index (χ0v) is 26.3. The van der Waals surface area contributed by atoms with Crippen LogP contribution in [0.4, 0.5) is 34.1 Å². The molecule has 6 aromatic carbocycles. The maximum Gasteiger partial charge on any atom is 0.252 e. The predicted octanol–water partition coefficient (Wildman–Crippen LogP) is 8.73. The number of fused-ring (bicyclic) bond motifs is 6. The van der Waals surface area contributed by atoms with Gasteiger partial charge >= 0.3 is 0 Å². The average Bonchev–Trinajstić information content (AvgIpc) is 3.08. The topological polar surface area (TPSA) is 6.48 Å². The van der Waals surface area contributed by atoms with Gasteiger partial charge in [0.1, 0.15) is 0 Å². The summed E-state index contributed by atoms with van der Waals surface area (Å²) in [6, 6.07) is 51.8. The first-order valence-electron chi connectivity index (χ1n) is 16.1. The Hall–Kier alpha value is -5.02. The van der Waals surface area contributed by atoms with Crippen LogP contribution in [0, 0.1) is 0 Å². The van der Waals surface area contributed by atoms with Crippen LogP contribution >= 0.6 is 0 Å². The van der Waals surface area contributed by atoms with E-state index in [1.54, 1.807) is 0 Å². The molecule has 2 heterocycles. The average molecular weight is 579 g/mol. The second-order valence-corrected chi connectivity index (χ2v) is 13.8. The fraction of sp³-hybridized carbons (Fsp3) is 0.143. The van der Waals surface area contributed by atoms with Gasteiger partial charge in [0.05, 0.1) is 0 Å². The van der Waals surface area contributed by atoms with Gasteiger partial charge < -0.3 is 9.80 Å². The molecule has 3 heteroatoms. The van der Waals surface area contributed by atoms with E-state index in [-0.39, 0.29) is 17.5 Å². The van der Waals surface area contributed by atoms with Crippen LogP contribution < -0.4 is 26.2 Å². The molecule has 9 rings (SSSR count). The molecule has 0 N–H and O–H groups in total. The summed E-state index contributed by atoms with van der Waals surface area (Å²) in [5.74, 6) is 0. The van der Waals surface area contributed by atoms with Gasteiger partial charge in [-0.05, 0) is 87.2 Å². The minimum Gasteiger partial charge on any atom is -0.311 e. The molecule has 0 radical (unpaired) electrons. The highest BCUT2D eigenvalue weighted by Gasteiger charge is 2.47. The molecule has 45 heavy (non-hydrogen) atoms. The Kier molecular flexibility index (Phi) is 5.42. The van der Waals surface area contributed by atoms with Crippen molar-refractivity contribution in [3.8, 4) is 0 Å². The van der Waals surface area contributed by atoms with Crippen molar-refractivity contribution in [1.29, 1.82) is 0 Å². The standard InChI is InChI=1S/C42H35BN2/c1-41(2)30-20-11-12-21-31(30)42(3,4)33-27-39-35(26-32(33)41)43-34-22-13-14-23-36(34)44(28-16-7-5-8-17-28)37-24-15-25-38(40(37)43)45(39)29-18-9-6-10-19-29/h5-27H,1-4H3. The molecule has 3 aliphatic rings. The largest absolute Gasteiger partial charge is 0.311 e. The van der Waals surface area contributed by atoms with Crippen LogP contribution in [0.5, 0.6) is 0 Å². The Morgan fingerprint density at radius 3 is 1.47 bits per heavy atom. The van der Waals surface area contributed by atoms with E-state index in [1.165, 1.54) is 72.8 Å². The van der Waals surface area contributed by atoms with Crippen LogP contribution in [0.1, 0.15) is 49.9 Å². The van der Waals surface area contributed by atoms with Crippen molar-refractivity contribution in [2.75, 3.05) is 9.80 Å². The lowest BCUT2D eigenvalue weighted by Gasteiger charge is -2.48. The second kappa shape index (κ2) is 9.25. The van der Waals surface area contributed by atoms with Crippen LogP contribution in [0.2, 0.25) is 0 Å². The van der Waals surface area contributed by atoms with Gasteiger partial charge in [0.25, 0.3) is 6.71 Å². The van der Waals surface area contributed by atoms with E-state index in [4.69, 9.17) is 0 Å². The highest BCUT2D eigenvalue weighted by molar-refractivity contribution is 7.00. The summed E-state index contributed by atoms with van der Waals surface area (Å²) in [5, 5.41) is 0. The molecule has 0 fully saturated rings. The molecule has 1 aliphatic carbocycles. The van der Waals surface area contributed by atoms with Gasteiger partial charge in [-0.1, -0.05) is 119 Å². The Labute approximate surface area is 266 Å². The number of hydrogen-bond donors (Lipinski definition) is 0. The van der Waals surface area contributed by atoms with E-state index in [2.05, 4.69) is 177 Å². The lowest BCUT2D eigenvalue weighted by molar-refractivity contribution is 0.521. The third-order valence-corrected chi connectivity index (χ3v) is 10.7. The van der Waals surface area contributed by atoms with Crippen molar-refractivity contribution in [3.63, 3.8) is 0 Å². The molecule has 0 aromatic heterocycles. The number of rotatable bonds is 2. The highest BCUT2D eigenvalue weighted by Crippen LogP contribution is 2.52. The van der Waals surface area contributed by atoms with Crippen molar-refractivity contribution < 1.29 is 0 Å². The van der Waals surface area contributed by atoms with Gasteiger partial charge in [0.2, 0.25) is 0 Å². The van der Waals surface area contributed by atoms with Crippen LogP contribution in [-0.2, 0) is 10.8 Å². The SMILES string of the molecule is CC1(C)c2ccccc2C(C)(C)c2cc3c(cc21)B1c2ccccc2N(c2ccccc2)c2cccc(c21)N3c1ccccc1. The van der Waals surface area contributed by atoms with Gasteiger partial charge in [-0.25, -0.2) is 0 Å². The smallest absolute Gasteiger partial charge is 0.252 e. The van der Waals surface area contributed by atoms with Crippen molar-refractivity contribution in [2.24, 2.45) is 0 Å². The van der Waals surface area contributed by atoms with Crippen molar-refractivity contribution >= 4 is 57.2 Å². The molecule has 0 saturated heterocycles. The maximum atomic E-state index is 2.58. The second-order valence-electron chi connectivity index (χ2n) is 13.8. The van der Waals surface area contributed by atoms with Crippen molar-refractivity contribution in [2.45, 2.75) is 38.5 Å². The fourth-order valence-corrected chi connectivity index (χ4v) is 8.54. The first-order chi connectivity index (χ1) is 21.9. The van der Waals surface area contributed by atoms with Crippen LogP contribution in [-0.4, -0.2) is 6.71 Å². The van der Waals surface area contributed by atoms with Gasteiger partial charge in [0.15, 0.2) is 0 Å². The molecule has 216 valence electrons. The van der Waals surface area contributed by atoms with Crippen molar-refractivity contribution in [1.82, 2.24) is 0 Å². The lowest BCUT2D eigenvalue weighted by atomic mass is 9.33. The van der Waals surface area contributed by atoms with Gasteiger partial charge in [-0.2, -0.15) is 0 Å². The van der Waals surface area contributed by atoms with E-state index >= 15 is 0 Å². The zero-order chi connectivity index (χ0) is 30.5. The molecule has 6 aromatic rings. The van der Waals surface area contributed by atoms with Gasteiger partial charge in [-0.3, -0.25) is 0 Å². The minimum absolute atomic E-state index is 0.115. The Bertz CT molecular complexity index is 2130. The number of benzene rings is 6. The van der Waals surface area contributed by atoms with E-state index in [1.807, 2.05) is 0 Å². The van der Waals surface area contributed by atoms with E-state index in [9.17, 15) is 0 Å². The number of nitrogens with zero attached hydrogens (tertiary/aromatic N) is 2. The lowest BCUT2D eigenvalue weighted by Crippen LogP contribution is -2.61. The summed E-state index contributed by atoms with van der Waals surface area (Å²) < 4.78 is 0. The molecule has 0 amide bonds. The molecule has 2 nitrogen and oxygen atoms in total. The summed E-state index contributed by atoms with van der Waals surface area (Å²) in [6.45, 7) is 9.75. The minimum atomic E-state index is -0.129. The Balaban J connectivity index is 1.40. The normalized spacial score (nSPS) is 16.2. The number of anilines is 6. The first kappa shape index (κ1) is 26.4. The predicted molar refractivity (Wildman–Crippen MR) is 191 cm³/mol. The fourth-order valence-electron chi connectivity index (χ4n) is 8.54. The summed E-state index contributed by atoms with van der Waals surface area (Å²) in [7, 11) is 0. The summed E-state index contributed by atoms with van der Waals surface area (Å²) in [5.41, 5.74) is 16.9. The van der Waals surface area contributed by atoms with Crippen LogP contribution in [0.15, 0.2) is 140 Å². The molecule has 0 unspecified atom stereocenters. The maximum absolute atomic E-state index is 2.58. The first-order valence-corrected chi connectivity index (χ1v) is 16.1. The van der Waals surface area contributed by atoms with Crippen molar-refractivity contribution in [3.05, 3.63) is 162 Å². The van der Waals surface area contributed by atoms with Gasteiger partial charge in [0, 0.05) is 45.0 Å². The molecule has 0 spiro atoms. The van der Waals surface area contributed by atoms with Gasteiger partial charge in [-0.15, -0.1) is 0 Å². The van der Waals surface area contributed by atoms with E-state index in [0.717, 1.165) is 0 Å². The number of hydrogen-bond acceptors (Lipinski definition) is 2. The zero-order valence-electron chi connectivity index (χ0n) is 26.3. The quantitative estimate of drug-likeness (QED) is 0.189. The van der Waals surface area contributed by atoms with Crippen LogP contribution in [0.3, 0.4) is 0 Å². The monoisotopic (exact) mass is 578 g/mol. The third kappa shape index (κ3) is 3.53. The van der Waals surface area contributed by atoms with Crippen LogP contribution in [0.25, 0.3) is 0 Å². The summed E-state index contributed by atoms with van der Waals surface area (Å²) in [6.07, 6.45) is 0. The summed E-state index contributed by atoms with van der Waals surface area (Å²) in [4.78, 5) is 4.98. The molecular weight excluding hydrogens is 543 g/mol. The highest BCUT2D eigenvalue weighted by atomic mass is 15.2. The number of para-hydroxylation sites is 3. The summed E-state index contributed by atoms with van der Waals surface area (Å²) >= 11 is 0. The molecule has 0 saturated carbocycles. The molecule has 0 atom stereocenters. The third-order valence-electron chi connectivity index (χ3n) is 10.7. The van der Waals surface area contributed by atoms with E-state index < -0.39 is 0 Å². The molecular formula is C42H35BN2. The Morgan fingerprint density at radius 2 is 0.867 bits per heavy atom. The van der Waals surface area contributed by atoms with E-state index in [0.29, 0.717) is 0 Å². The molecule has 0 bridgehead atoms. The molecule has 2 aliphatic heterocycles. The Morgan fingerprint density at radius 1 is 0.400 bits per heavy atom.